The van der Waals surface area contributed by atoms with Crippen LogP contribution in [0.15, 0.2) is 4.99 Å². The highest BCUT2D eigenvalue weighted by molar-refractivity contribution is 14.0. The molecular formula is C13H28IN3O2. The number of methoxy groups -OCH3 is 1. The number of hydrogen-bond acceptors (Lipinski definition) is 3. The predicted molar refractivity (Wildman–Crippen MR) is 89.5 cm³/mol. The van der Waals surface area contributed by atoms with Gasteiger partial charge in [0.1, 0.15) is 0 Å². The maximum Gasteiger partial charge on any atom is 0.193 e. The van der Waals surface area contributed by atoms with Gasteiger partial charge >= 0.3 is 0 Å². The van der Waals surface area contributed by atoms with Gasteiger partial charge in [-0.15, -0.1) is 24.0 Å². The molecule has 1 aliphatic heterocycles. The lowest BCUT2D eigenvalue weighted by Crippen LogP contribution is -2.46. The predicted octanol–water partition coefficient (Wildman–Crippen LogP) is 1.72. The van der Waals surface area contributed by atoms with Crippen LogP contribution in [0.5, 0.6) is 0 Å². The second kappa shape index (κ2) is 11.7. The third-order valence-corrected chi connectivity index (χ3v) is 3.13. The molecule has 1 rings (SSSR count). The number of piperidine rings is 1. The number of hydrogen-bond donors (Lipinski definition) is 1. The lowest BCUT2D eigenvalue weighted by Gasteiger charge is -2.34. The van der Waals surface area contributed by atoms with E-state index in [9.17, 15) is 0 Å². The molecule has 0 radical (unpaired) electrons. The number of nitrogens with zero attached hydrogens (tertiary/aromatic N) is 2. The van der Waals surface area contributed by atoms with Gasteiger partial charge in [-0.1, -0.05) is 0 Å². The van der Waals surface area contributed by atoms with Gasteiger partial charge in [-0.25, -0.2) is 0 Å². The second-order valence-electron chi connectivity index (χ2n) is 4.48. The summed E-state index contributed by atoms with van der Waals surface area (Å²) < 4.78 is 10.8. The Morgan fingerprint density at radius 1 is 1.32 bits per heavy atom. The van der Waals surface area contributed by atoms with Crippen molar-refractivity contribution >= 4 is 29.9 Å². The fraction of sp³-hybridized carbons (Fsp3) is 0.923. The van der Waals surface area contributed by atoms with Crippen LogP contribution in [0, 0.1) is 0 Å². The zero-order valence-corrected chi connectivity index (χ0v) is 14.7. The molecule has 0 atom stereocenters. The summed E-state index contributed by atoms with van der Waals surface area (Å²) >= 11 is 0. The van der Waals surface area contributed by atoms with E-state index in [0.717, 1.165) is 58.1 Å². The number of nitrogens with one attached hydrogen (secondary N) is 1. The average molecular weight is 385 g/mol. The van der Waals surface area contributed by atoms with Crippen molar-refractivity contribution in [2.45, 2.75) is 32.3 Å². The van der Waals surface area contributed by atoms with Crippen molar-refractivity contribution in [1.29, 1.82) is 0 Å². The molecular weight excluding hydrogens is 357 g/mol. The van der Waals surface area contributed by atoms with E-state index in [1.54, 1.807) is 7.11 Å². The molecule has 0 amide bonds. The molecule has 1 fully saturated rings. The van der Waals surface area contributed by atoms with Gasteiger partial charge in [0.2, 0.25) is 0 Å². The van der Waals surface area contributed by atoms with Gasteiger partial charge in [0.15, 0.2) is 5.96 Å². The van der Waals surface area contributed by atoms with E-state index in [-0.39, 0.29) is 24.0 Å². The fourth-order valence-electron chi connectivity index (χ4n) is 2.18. The van der Waals surface area contributed by atoms with Crippen LogP contribution in [0.3, 0.4) is 0 Å². The van der Waals surface area contributed by atoms with Crippen molar-refractivity contribution in [3.05, 3.63) is 0 Å². The minimum Gasteiger partial charge on any atom is -0.385 e. The zero-order valence-electron chi connectivity index (χ0n) is 12.4. The smallest absolute Gasteiger partial charge is 0.193 e. The lowest BCUT2D eigenvalue weighted by atomic mass is 10.1. The molecule has 1 N–H and O–H groups in total. The van der Waals surface area contributed by atoms with E-state index in [0.29, 0.717) is 6.10 Å². The zero-order chi connectivity index (χ0) is 13.2. The van der Waals surface area contributed by atoms with Gasteiger partial charge in [0.05, 0.1) is 6.10 Å². The Bertz CT molecular complexity index is 244. The summed E-state index contributed by atoms with van der Waals surface area (Å²) in [5.41, 5.74) is 0. The Labute approximate surface area is 134 Å². The van der Waals surface area contributed by atoms with Crippen molar-refractivity contribution in [2.24, 2.45) is 4.99 Å². The quantitative estimate of drug-likeness (QED) is 0.327. The number of likely N-dealkylation sites (tertiary alicyclic amines) is 1. The fourth-order valence-corrected chi connectivity index (χ4v) is 2.18. The first kappa shape index (κ1) is 18.9. The molecule has 0 spiro atoms. The van der Waals surface area contributed by atoms with Crippen molar-refractivity contribution < 1.29 is 9.47 Å². The highest BCUT2D eigenvalue weighted by atomic mass is 127. The van der Waals surface area contributed by atoms with Crippen molar-refractivity contribution in [3.8, 4) is 0 Å². The van der Waals surface area contributed by atoms with Crippen molar-refractivity contribution in [1.82, 2.24) is 10.2 Å². The van der Waals surface area contributed by atoms with Crippen molar-refractivity contribution in [3.63, 3.8) is 0 Å². The van der Waals surface area contributed by atoms with Gasteiger partial charge in [0, 0.05) is 47.0 Å². The number of guanidine groups is 1. The first-order chi connectivity index (χ1) is 8.81. The van der Waals surface area contributed by atoms with Gasteiger partial charge in [-0.3, -0.25) is 4.99 Å². The van der Waals surface area contributed by atoms with Crippen LogP contribution in [0.1, 0.15) is 26.2 Å². The minimum absolute atomic E-state index is 0. The third kappa shape index (κ3) is 7.31. The van der Waals surface area contributed by atoms with Gasteiger partial charge in [0.25, 0.3) is 0 Å². The molecule has 0 aliphatic carbocycles. The second-order valence-corrected chi connectivity index (χ2v) is 4.48. The maximum absolute atomic E-state index is 5.84. The summed E-state index contributed by atoms with van der Waals surface area (Å²) in [6, 6.07) is 0. The molecule has 0 unspecified atom stereocenters. The Balaban J connectivity index is 0.00000324. The van der Waals surface area contributed by atoms with E-state index >= 15 is 0 Å². The number of halogens is 1. The third-order valence-electron chi connectivity index (χ3n) is 3.13. The van der Waals surface area contributed by atoms with E-state index < -0.39 is 0 Å². The normalized spacial score (nSPS) is 17.2. The Morgan fingerprint density at radius 3 is 2.53 bits per heavy atom. The summed E-state index contributed by atoms with van der Waals surface area (Å²) in [6.07, 6.45) is 3.54. The summed E-state index contributed by atoms with van der Waals surface area (Å²) in [5.74, 6) is 1.01. The van der Waals surface area contributed by atoms with E-state index in [2.05, 4.69) is 22.1 Å². The number of ether oxygens (including phenoxy) is 2. The van der Waals surface area contributed by atoms with E-state index in [1.165, 1.54) is 0 Å². The van der Waals surface area contributed by atoms with E-state index in [1.807, 2.05) is 7.05 Å². The molecule has 19 heavy (non-hydrogen) atoms. The maximum atomic E-state index is 5.84. The summed E-state index contributed by atoms with van der Waals surface area (Å²) in [6.45, 7) is 6.65. The number of aliphatic imine (C=N–C) groups is 1. The number of rotatable bonds is 6. The Hall–Kier alpha value is -0.0800. The van der Waals surface area contributed by atoms with E-state index in [4.69, 9.17) is 9.47 Å². The molecule has 0 bridgehead atoms. The highest BCUT2D eigenvalue weighted by Gasteiger charge is 2.21. The molecule has 114 valence electrons. The average Bonchev–Trinajstić information content (AvgIpc) is 2.42. The van der Waals surface area contributed by atoms with Gasteiger partial charge < -0.3 is 19.7 Å². The first-order valence-corrected chi connectivity index (χ1v) is 6.88. The lowest BCUT2D eigenvalue weighted by molar-refractivity contribution is 0.00992. The van der Waals surface area contributed by atoms with Crippen LogP contribution in [-0.4, -0.2) is 64.0 Å². The van der Waals surface area contributed by atoms with Gasteiger partial charge in [-0.05, 0) is 26.2 Å². The molecule has 0 aromatic heterocycles. The molecule has 1 saturated heterocycles. The van der Waals surface area contributed by atoms with Crippen LogP contribution in [0.4, 0.5) is 0 Å². The topological polar surface area (TPSA) is 46.1 Å². The SMILES string of the molecule is CCNC(=NC)N1CCC(OCCCOC)CC1.I. The Kier molecular flexibility index (Phi) is 11.7. The summed E-state index contributed by atoms with van der Waals surface area (Å²) in [5, 5.41) is 3.30. The molecule has 1 heterocycles. The summed E-state index contributed by atoms with van der Waals surface area (Å²) in [7, 11) is 3.57. The molecule has 0 saturated carbocycles. The largest absolute Gasteiger partial charge is 0.385 e. The van der Waals surface area contributed by atoms with Crippen LogP contribution in [0.25, 0.3) is 0 Å². The molecule has 0 aromatic carbocycles. The molecule has 1 aliphatic rings. The first-order valence-electron chi connectivity index (χ1n) is 6.88. The summed E-state index contributed by atoms with van der Waals surface area (Å²) in [4.78, 5) is 6.59. The van der Waals surface area contributed by atoms with Crippen LogP contribution < -0.4 is 5.32 Å². The minimum atomic E-state index is 0. The molecule has 0 aromatic rings. The molecule has 5 nitrogen and oxygen atoms in total. The Morgan fingerprint density at radius 2 is 2.00 bits per heavy atom. The molecule has 6 heteroatoms. The van der Waals surface area contributed by atoms with Gasteiger partial charge in [-0.2, -0.15) is 0 Å². The standard InChI is InChI=1S/C13H27N3O2.HI/c1-4-15-13(14-2)16-8-6-12(7-9-16)18-11-5-10-17-3;/h12H,4-11H2,1-3H3,(H,14,15);1H. The monoisotopic (exact) mass is 385 g/mol. The van der Waals surface area contributed by atoms with Crippen molar-refractivity contribution in [2.75, 3.05) is 47.0 Å². The highest BCUT2D eigenvalue weighted by Crippen LogP contribution is 2.14. The van der Waals surface area contributed by atoms with Crippen LogP contribution >= 0.6 is 24.0 Å². The van der Waals surface area contributed by atoms with Crippen LogP contribution in [-0.2, 0) is 9.47 Å². The van der Waals surface area contributed by atoms with Crippen LogP contribution in [0.2, 0.25) is 0 Å².